The van der Waals surface area contributed by atoms with E-state index in [0.29, 0.717) is 28.1 Å². The first-order valence-corrected chi connectivity index (χ1v) is 16.8. The molecule has 2 N–H and O–H groups in total. The molecule has 3 amide bonds. The fourth-order valence-electron chi connectivity index (χ4n) is 8.55. The van der Waals surface area contributed by atoms with Crippen molar-refractivity contribution in [1.29, 1.82) is 0 Å². The third-order valence-electron chi connectivity index (χ3n) is 11.4. The minimum absolute atomic E-state index is 0.0753. The smallest absolute Gasteiger partial charge is 0.253 e. The van der Waals surface area contributed by atoms with Gasteiger partial charge in [-0.15, -0.1) is 0 Å². The molecule has 2 aromatic carbocycles. The molecular weight excluding hydrogens is 560 g/mol. The molecule has 4 saturated heterocycles. The second kappa shape index (κ2) is 11.9. The summed E-state index contributed by atoms with van der Waals surface area (Å²) in [5.41, 5.74) is 3.65. The lowest BCUT2D eigenvalue weighted by Gasteiger charge is -2.47. The maximum absolute atomic E-state index is 13.6. The van der Waals surface area contributed by atoms with Crippen LogP contribution in [0.25, 0.3) is 0 Å². The monoisotopic (exact) mass is 602 g/mol. The Morgan fingerprint density at radius 2 is 1.58 bits per heavy atom. The molecule has 2 aliphatic carbocycles. The van der Waals surface area contributed by atoms with E-state index in [1.54, 1.807) is 12.1 Å². The van der Waals surface area contributed by atoms with Gasteiger partial charge in [0.1, 0.15) is 0 Å². The van der Waals surface area contributed by atoms with Crippen LogP contribution >= 0.6 is 11.6 Å². The van der Waals surface area contributed by atoms with E-state index in [4.69, 9.17) is 11.6 Å². The van der Waals surface area contributed by atoms with E-state index in [1.165, 1.54) is 31.5 Å². The summed E-state index contributed by atoms with van der Waals surface area (Å²) >= 11 is 6.25. The highest BCUT2D eigenvalue weighted by Gasteiger charge is 2.42. The predicted octanol–water partition coefficient (Wildman–Crippen LogP) is 5.38. The average Bonchev–Trinajstić information content (AvgIpc) is 3.44. The number of halogens is 1. The first-order valence-electron chi connectivity index (χ1n) is 16.4. The summed E-state index contributed by atoms with van der Waals surface area (Å²) in [6.07, 6.45) is 10.2. The first kappa shape index (κ1) is 28.8. The Morgan fingerprint density at radius 1 is 0.837 bits per heavy atom. The van der Waals surface area contributed by atoms with Crippen molar-refractivity contribution in [3.05, 3.63) is 69.7 Å². The summed E-state index contributed by atoms with van der Waals surface area (Å²) in [5.74, 6) is 0.964. The van der Waals surface area contributed by atoms with E-state index >= 15 is 0 Å². The number of piperidine rings is 4. The van der Waals surface area contributed by atoms with Gasteiger partial charge in [0.15, 0.2) is 0 Å². The highest BCUT2D eigenvalue weighted by molar-refractivity contribution is 6.33. The third kappa shape index (κ3) is 5.83. The number of carbonyl (C=O) groups excluding carboxylic acids is 3. The van der Waals surface area contributed by atoms with E-state index in [2.05, 4.69) is 21.6 Å². The van der Waals surface area contributed by atoms with Gasteiger partial charge in [0.2, 0.25) is 5.91 Å². The van der Waals surface area contributed by atoms with Gasteiger partial charge in [-0.2, -0.15) is 0 Å². The summed E-state index contributed by atoms with van der Waals surface area (Å²) in [7, 11) is 0. The molecule has 4 heterocycles. The lowest BCUT2D eigenvalue weighted by atomic mass is 9.65. The van der Waals surface area contributed by atoms with Crippen molar-refractivity contribution in [1.82, 2.24) is 20.4 Å². The Bertz CT molecular complexity index is 1390. The summed E-state index contributed by atoms with van der Waals surface area (Å²) < 4.78 is 0. The Balaban J connectivity index is 0.923. The van der Waals surface area contributed by atoms with Crippen molar-refractivity contribution in [2.45, 2.75) is 76.3 Å². The zero-order chi connectivity index (χ0) is 29.6. The molecule has 7 nitrogen and oxygen atoms in total. The first-order chi connectivity index (χ1) is 20.9. The molecule has 8 heteroatoms. The van der Waals surface area contributed by atoms with E-state index in [0.717, 1.165) is 76.6 Å². The van der Waals surface area contributed by atoms with Crippen LogP contribution in [0.5, 0.6) is 0 Å². The van der Waals surface area contributed by atoms with E-state index in [9.17, 15) is 14.4 Å². The van der Waals surface area contributed by atoms with Crippen LogP contribution < -0.4 is 10.6 Å². The molecule has 0 aromatic heterocycles. The van der Waals surface area contributed by atoms with E-state index < -0.39 is 0 Å². The second-order valence-electron chi connectivity index (χ2n) is 13.8. The van der Waals surface area contributed by atoms with E-state index in [1.807, 2.05) is 29.2 Å². The Kier molecular flexibility index (Phi) is 7.97. The largest absolute Gasteiger partial charge is 0.352 e. The molecule has 4 aliphatic heterocycles. The van der Waals surface area contributed by atoms with Crippen LogP contribution in [0, 0.1) is 17.3 Å². The number of likely N-dealkylation sites (tertiary alicyclic amines) is 1. The third-order valence-corrected chi connectivity index (χ3v) is 11.7. The molecule has 8 rings (SSSR count). The van der Waals surface area contributed by atoms with Gasteiger partial charge in [-0.25, -0.2) is 0 Å². The van der Waals surface area contributed by atoms with Crippen molar-refractivity contribution in [2.75, 3.05) is 32.7 Å². The highest BCUT2D eigenvalue weighted by atomic mass is 35.5. The van der Waals surface area contributed by atoms with Crippen LogP contribution in [0.4, 0.5) is 0 Å². The Morgan fingerprint density at radius 3 is 2.28 bits per heavy atom. The average molecular weight is 603 g/mol. The number of fused-ring (bicyclic) bond motifs is 4. The molecule has 1 saturated carbocycles. The van der Waals surface area contributed by atoms with Gasteiger partial charge < -0.3 is 20.4 Å². The van der Waals surface area contributed by atoms with Gasteiger partial charge in [-0.05, 0) is 124 Å². The number of hydrogen-bond acceptors (Lipinski definition) is 4. The van der Waals surface area contributed by atoms with Gasteiger partial charge in [0.05, 0.1) is 16.6 Å². The zero-order valence-corrected chi connectivity index (χ0v) is 25.7. The molecule has 2 atom stereocenters. The van der Waals surface area contributed by atoms with Crippen LogP contribution in [0.1, 0.15) is 95.7 Å². The number of rotatable bonds is 5. The fourth-order valence-corrected chi connectivity index (χ4v) is 8.78. The van der Waals surface area contributed by atoms with Crippen molar-refractivity contribution < 1.29 is 14.4 Å². The molecular formula is C35H43ClN4O3. The normalized spacial score (nSPS) is 28.0. The van der Waals surface area contributed by atoms with Gasteiger partial charge in [0, 0.05) is 37.2 Å². The molecule has 43 heavy (non-hydrogen) atoms. The maximum Gasteiger partial charge on any atom is 0.253 e. The Labute approximate surface area is 259 Å². The number of carbonyl (C=O) groups is 3. The van der Waals surface area contributed by atoms with Crippen LogP contribution in [-0.4, -0.2) is 66.3 Å². The topological polar surface area (TPSA) is 81.8 Å². The summed E-state index contributed by atoms with van der Waals surface area (Å²) in [6.45, 7) is 4.94. The molecule has 0 unspecified atom stereocenters. The second-order valence-corrected chi connectivity index (χ2v) is 14.2. The lowest BCUT2D eigenvalue weighted by Crippen LogP contribution is -2.58. The molecule has 228 valence electrons. The van der Waals surface area contributed by atoms with Gasteiger partial charge in [0.25, 0.3) is 11.8 Å². The molecule has 6 aliphatic rings. The quantitative estimate of drug-likeness (QED) is 0.481. The van der Waals surface area contributed by atoms with Crippen molar-refractivity contribution in [3.63, 3.8) is 0 Å². The van der Waals surface area contributed by atoms with Crippen LogP contribution in [-0.2, 0) is 11.2 Å². The summed E-state index contributed by atoms with van der Waals surface area (Å²) in [5, 5.41) is 7.01. The molecule has 1 spiro atoms. The van der Waals surface area contributed by atoms with Gasteiger partial charge in [-0.1, -0.05) is 29.8 Å². The standard InChI is InChI=1S/C35H43ClN4O3/c36-29-4-2-1-3-27(29)33(42)37-30-8-7-23-5-6-26(21-28(23)30)34(43)40-19-15-35(16-20-40)13-9-25(10-14-35)32(41)38-31-22-39-17-11-24(31)12-18-39/h1-6,21,24-25,30-31H,7-20,22H2,(H,37,42)(H,38,41)/t30-,31+/m1/s1. The summed E-state index contributed by atoms with van der Waals surface area (Å²) in [4.78, 5) is 44.2. The van der Waals surface area contributed by atoms with Crippen molar-refractivity contribution in [2.24, 2.45) is 17.3 Å². The number of aryl methyl sites for hydroxylation is 1. The van der Waals surface area contributed by atoms with E-state index in [-0.39, 0.29) is 35.1 Å². The number of nitrogens with zero attached hydrogens (tertiary/aromatic N) is 2. The predicted molar refractivity (Wildman–Crippen MR) is 167 cm³/mol. The molecule has 2 aromatic rings. The number of amides is 3. The molecule has 2 bridgehead atoms. The van der Waals surface area contributed by atoms with Gasteiger partial charge >= 0.3 is 0 Å². The number of benzene rings is 2. The van der Waals surface area contributed by atoms with Crippen molar-refractivity contribution >= 4 is 29.3 Å². The van der Waals surface area contributed by atoms with Crippen LogP contribution in [0.2, 0.25) is 5.02 Å². The number of nitrogens with one attached hydrogen (secondary N) is 2. The lowest BCUT2D eigenvalue weighted by molar-refractivity contribution is -0.129. The highest BCUT2D eigenvalue weighted by Crippen LogP contribution is 2.47. The van der Waals surface area contributed by atoms with Gasteiger partial charge in [-0.3, -0.25) is 14.4 Å². The maximum atomic E-state index is 13.6. The van der Waals surface area contributed by atoms with Crippen molar-refractivity contribution in [3.8, 4) is 0 Å². The zero-order valence-electron chi connectivity index (χ0n) is 25.0. The SMILES string of the molecule is O=C(N[C@@H]1CCc2ccc(C(=O)N3CCC4(CCC(C(=O)N[C@H]5CN6CCC5CC6)CC4)CC3)cc21)c1ccccc1Cl. The molecule has 5 fully saturated rings. The van der Waals surface area contributed by atoms with Crippen LogP contribution in [0.15, 0.2) is 42.5 Å². The molecule has 0 radical (unpaired) electrons. The fraction of sp³-hybridized carbons (Fsp3) is 0.571. The minimum atomic E-state index is -0.187. The minimum Gasteiger partial charge on any atom is -0.352 e. The van der Waals surface area contributed by atoms with Crippen LogP contribution in [0.3, 0.4) is 0 Å². The Hall–Kier alpha value is -2.90. The number of hydrogen-bond donors (Lipinski definition) is 2. The summed E-state index contributed by atoms with van der Waals surface area (Å²) in [6, 6.07) is 13.3.